The Labute approximate surface area is 153 Å². The highest BCUT2D eigenvalue weighted by Gasteiger charge is 2.50. The van der Waals surface area contributed by atoms with E-state index in [1.165, 1.54) is 0 Å². The molecule has 0 bridgehead atoms. The molecule has 0 radical (unpaired) electrons. The zero-order valence-corrected chi connectivity index (χ0v) is 14.7. The molecule has 1 aliphatic heterocycles. The summed E-state index contributed by atoms with van der Waals surface area (Å²) in [6.45, 7) is 2.29. The van der Waals surface area contributed by atoms with E-state index in [1.54, 1.807) is 0 Å². The Morgan fingerprint density at radius 1 is 0.885 bits per heavy atom. The quantitative estimate of drug-likeness (QED) is 0.883. The topological polar surface area (TPSA) is 64.0 Å². The molecular weight excluding hydrogens is 328 g/mol. The predicted octanol–water partition coefficient (Wildman–Crippen LogP) is 1.95. The average Bonchev–Trinajstić information content (AvgIpc) is 3.46. The second-order valence-electron chi connectivity index (χ2n) is 7.25. The van der Waals surface area contributed by atoms with Gasteiger partial charge < -0.3 is 15.1 Å². The van der Waals surface area contributed by atoms with Crippen molar-refractivity contribution in [2.24, 2.45) is 0 Å². The summed E-state index contributed by atoms with van der Waals surface area (Å²) < 4.78 is 0. The second kappa shape index (κ2) is 6.83. The zero-order valence-electron chi connectivity index (χ0n) is 14.7. The van der Waals surface area contributed by atoms with Crippen LogP contribution in [0.4, 0.5) is 0 Å². The summed E-state index contributed by atoms with van der Waals surface area (Å²) in [5.41, 5.74) is 1.97. The number of nitrogens with zero attached hydrogens (tertiary/aromatic N) is 2. The number of piperazine rings is 1. The van der Waals surface area contributed by atoms with Crippen LogP contribution in [0.5, 0.6) is 0 Å². The fourth-order valence-corrected chi connectivity index (χ4v) is 3.51. The van der Waals surface area contributed by atoms with Gasteiger partial charge in [0.25, 0.3) is 5.91 Å². The first-order valence-electron chi connectivity index (χ1n) is 9.16. The smallest absolute Gasteiger partial charge is 0.253 e. The number of aliphatic hydroxyl groups excluding tert-OH is 1. The highest BCUT2D eigenvalue weighted by Crippen LogP contribution is 2.39. The van der Waals surface area contributed by atoms with Crippen molar-refractivity contribution >= 4 is 5.91 Å². The number of benzene rings is 2. The van der Waals surface area contributed by atoms with Crippen LogP contribution in [0.3, 0.4) is 0 Å². The van der Waals surface area contributed by atoms with Crippen LogP contribution >= 0.6 is 0 Å². The van der Waals surface area contributed by atoms with Gasteiger partial charge in [0, 0.05) is 31.7 Å². The Bertz CT molecular complexity index is 764. The van der Waals surface area contributed by atoms with E-state index in [1.807, 2.05) is 52.3 Å². The summed E-state index contributed by atoms with van der Waals surface area (Å²) in [6, 6.07) is 17.8. The first-order valence-corrected chi connectivity index (χ1v) is 9.16. The zero-order chi connectivity index (χ0) is 18.1. The molecule has 1 aliphatic carbocycles. The molecule has 1 saturated heterocycles. The van der Waals surface area contributed by atoms with Gasteiger partial charge in [0.15, 0.2) is 0 Å². The number of hydrogen-bond acceptors (Lipinski definition) is 4. The largest absolute Gasteiger partial charge is 0.386 e. The molecule has 5 heteroatoms. The SMILES string of the molecule is O=C(c1ccc(-c2ccccc2)cc1)N1CCN(C(O)C2(O)CC2)CC1. The number of hydrogen-bond donors (Lipinski definition) is 2. The lowest BCUT2D eigenvalue weighted by Crippen LogP contribution is -2.55. The molecule has 1 unspecified atom stereocenters. The molecule has 1 saturated carbocycles. The van der Waals surface area contributed by atoms with Crippen LogP contribution in [0.2, 0.25) is 0 Å². The number of rotatable bonds is 4. The van der Waals surface area contributed by atoms with Crippen LogP contribution in [0.15, 0.2) is 54.6 Å². The van der Waals surface area contributed by atoms with Crippen molar-refractivity contribution in [3.8, 4) is 11.1 Å². The predicted molar refractivity (Wildman–Crippen MR) is 99.5 cm³/mol. The molecule has 2 fully saturated rings. The first kappa shape index (κ1) is 17.2. The Balaban J connectivity index is 1.38. The summed E-state index contributed by atoms with van der Waals surface area (Å²) >= 11 is 0. The maximum Gasteiger partial charge on any atom is 0.253 e. The average molecular weight is 352 g/mol. The van der Waals surface area contributed by atoms with Crippen molar-refractivity contribution in [2.75, 3.05) is 26.2 Å². The van der Waals surface area contributed by atoms with Gasteiger partial charge in [0.2, 0.25) is 0 Å². The molecule has 5 nitrogen and oxygen atoms in total. The molecule has 1 atom stereocenters. The highest BCUT2D eigenvalue weighted by atomic mass is 16.4. The highest BCUT2D eigenvalue weighted by molar-refractivity contribution is 5.94. The lowest BCUT2D eigenvalue weighted by atomic mass is 10.0. The van der Waals surface area contributed by atoms with Gasteiger partial charge in [0.1, 0.15) is 11.8 Å². The Kier molecular flexibility index (Phi) is 4.53. The van der Waals surface area contributed by atoms with Crippen LogP contribution < -0.4 is 0 Å². The van der Waals surface area contributed by atoms with E-state index in [9.17, 15) is 15.0 Å². The summed E-state index contributed by atoms with van der Waals surface area (Å²) in [6.07, 6.45) is 0.493. The van der Waals surface area contributed by atoms with Crippen molar-refractivity contribution < 1.29 is 15.0 Å². The van der Waals surface area contributed by atoms with Gasteiger partial charge in [0.05, 0.1) is 0 Å². The van der Waals surface area contributed by atoms with Gasteiger partial charge in [-0.3, -0.25) is 9.69 Å². The molecule has 26 heavy (non-hydrogen) atoms. The van der Waals surface area contributed by atoms with Crippen molar-refractivity contribution in [3.05, 3.63) is 60.2 Å². The number of amides is 1. The van der Waals surface area contributed by atoms with E-state index in [2.05, 4.69) is 12.1 Å². The molecule has 4 rings (SSSR count). The van der Waals surface area contributed by atoms with Gasteiger partial charge in [-0.15, -0.1) is 0 Å². The number of carbonyl (C=O) groups is 1. The van der Waals surface area contributed by atoms with Gasteiger partial charge in [-0.25, -0.2) is 0 Å². The minimum Gasteiger partial charge on any atom is -0.386 e. The van der Waals surface area contributed by atoms with Crippen LogP contribution in [-0.2, 0) is 0 Å². The summed E-state index contributed by atoms with van der Waals surface area (Å²) in [7, 11) is 0. The molecule has 2 aromatic carbocycles. The molecule has 1 heterocycles. The standard InChI is InChI=1S/C21H24N2O3/c24-19(18-8-6-17(7-9-18)16-4-2-1-3-5-16)22-12-14-23(15-13-22)20(25)21(26)10-11-21/h1-9,20,25-26H,10-15H2. The van der Waals surface area contributed by atoms with E-state index in [4.69, 9.17) is 0 Å². The van der Waals surface area contributed by atoms with E-state index < -0.39 is 11.8 Å². The monoisotopic (exact) mass is 352 g/mol. The van der Waals surface area contributed by atoms with Gasteiger partial charge in [-0.2, -0.15) is 0 Å². The fourth-order valence-electron chi connectivity index (χ4n) is 3.51. The Hall–Kier alpha value is -2.21. The molecule has 0 aromatic heterocycles. The van der Waals surface area contributed by atoms with Crippen molar-refractivity contribution in [2.45, 2.75) is 24.7 Å². The number of carbonyl (C=O) groups excluding carboxylic acids is 1. The minimum absolute atomic E-state index is 0.0175. The molecule has 2 aromatic rings. The van der Waals surface area contributed by atoms with E-state index in [0.717, 1.165) is 11.1 Å². The van der Waals surface area contributed by atoms with Gasteiger partial charge in [-0.05, 0) is 36.1 Å². The molecule has 1 amide bonds. The van der Waals surface area contributed by atoms with Crippen LogP contribution in [0, 0.1) is 0 Å². The van der Waals surface area contributed by atoms with E-state index in [0.29, 0.717) is 44.6 Å². The lowest BCUT2D eigenvalue weighted by molar-refractivity contribution is -0.108. The third kappa shape index (κ3) is 3.38. The van der Waals surface area contributed by atoms with Gasteiger partial charge >= 0.3 is 0 Å². The third-order valence-electron chi connectivity index (χ3n) is 5.43. The Morgan fingerprint density at radius 2 is 1.46 bits per heavy atom. The minimum atomic E-state index is -0.931. The van der Waals surface area contributed by atoms with Crippen molar-refractivity contribution in [1.29, 1.82) is 0 Å². The second-order valence-corrected chi connectivity index (χ2v) is 7.25. The maximum atomic E-state index is 12.7. The van der Waals surface area contributed by atoms with Crippen molar-refractivity contribution in [1.82, 2.24) is 9.80 Å². The molecule has 2 N–H and O–H groups in total. The van der Waals surface area contributed by atoms with Crippen LogP contribution in [-0.4, -0.2) is 63.9 Å². The molecule has 2 aliphatic rings. The number of aliphatic hydroxyl groups is 2. The summed E-state index contributed by atoms with van der Waals surface area (Å²) in [5, 5.41) is 20.3. The van der Waals surface area contributed by atoms with E-state index in [-0.39, 0.29) is 5.91 Å². The van der Waals surface area contributed by atoms with Crippen LogP contribution in [0.1, 0.15) is 23.2 Å². The fraction of sp³-hybridized carbons (Fsp3) is 0.381. The molecule has 136 valence electrons. The maximum absolute atomic E-state index is 12.7. The first-order chi connectivity index (χ1) is 12.6. The van der Waals surface area contributed by atoms with Crippen molar-refractivity contribution in [3.63, 3.8) is 0 Å². The van der Waals surface area contributed by atoms with Crippen LogP contribution in [0.25, 0.3) is 11.1 Å². The van der Waals surface area contributed by atoms with E-state index >= 15 is 0 Å². The lowest BCUT2D eigenvalue weighted by Gasteiger charge is -2.38. The molecule has 0 spiro atoms. The summed E-state index contributed by atoms with van der Waals surface area (Å²) in [4.78, 5) is 16.4. The normalized spacial score (nSPS) is 20.6. The van der Waals surface area contributed by atoms with Gasteiger partial charge in [-0.1, -0.05) is 42.5 Å². The molecular formula is C21H24N2O3. The third-order valence-corrected chi connectivity index (χ3v) is 5.43. The Morgan fingerprint density at radius 3 is 2.04 bits per heavy atom. The summed E-state index contributed by atoms with van der Waals surface area (Å²) in [5.74, 6) is 0.0175.